The Bertz CT molecular complexity index is 657. The molecule has 2 rings (SSSR count). The van der Waals surface area contributed by atoms with Gasteiger partial charge in [0.15, 0.2) is 0 Å². The van der Waals surface area contributed by atoms with Crippen LogP contribution in [0.3, 0.4) is 0 Å². The van der Waals surface area contributed by atoms with Gasteiger partial charge in [-0.2, -0.15) is 0 Å². The zero-order valence-electron chi connectivity index (χ0n) is 12.9. The van der Waals surface area contributed by atoms with E-state index < -0.39 is 0 Å². The van der Waals surface area contributed by atoms with Crippen molar-refractivity contribution in [3.63, 3.8) is 0 Å². The van der Waals surface area contributed by atoms with E-state index >= 15 is 0 Å². The third-order valence-electron chi connectivity index (χ3n) is 3.14. The number of para-hydroxylation sites is 1. The van der Waals surface area contributed by atoms with E-state index in [1.807, 2.05) is 24.3 Å². The Kier molecular flexibility index (Phi) is 6.18. The summed E-state index contributed by atoms with van der Waals surface area (Å²) in [4.78, 5) is 25.8. The molecule has 0 atom stereocenters. The van der Waals surface area contributed by atoms with E-state index in [1.54, 1.807) is 20.1 Å². The topological polar surface area (TPSA) is 55.8 Å². The Morgan fingerprint density at radius 3 is 2.83 bits per heavy atom. The Labute approximate surface area is 144 Å². The van der Waals surface area contributed by atoms with E-state index in [0.29, 0.717) is 21.6 Å². The van der Waals surface area contributed by atoms with Crippen LogP contribution in [0.25, 0.3) is 6.08 Å². The summed E-state index contributed by atoms with van der Waals surface area (Å²) in [6, 6.07) is 7.42. The van der Waals surface area contributed by atoms with Crippen LogP contribution in [0.1, 0.15) is 18.9 Å². The van der Waals surface area contributed by atoms with Gasteiger partial charge in [0.1, 0.15) is 10.1 Å². The third-order valence-corrected chi connectivity index (χ3v) is 4.52. The summed E-state index contributed by atoms with van der Waals surface area (Å²) in [5.74, 6) is 0.148. The monoisotopic (exact) mass is 351 g/mol. The van der Waals surface area contributed by atoms with Gasteiger partial charge in [-0.1, -0.05) is 42.2 Å². The number of carbonyl (C=O) groups excluding carboxylic acids is 2. The molecule has 7 heteroatoms. The van der Waals surface area contributed by atoms with Crippen LogP contribution >= 0.6 is 24.0 Å². The number of methoxy groups -OCH3 is 1. The molecule has 1 aromatic rings. The molecule has 1 aliphatic rings. The molecule has 1 heterocycles. The van der Waals surface area contributed by atoms with Gasteiger partial charge in [-0.05, 0) is 19.1 Å². The summed E-state index contributed by atoms with van der Waals surface area (Å²) in [5.41, 5.74) is 0.806. The molecule has 0 N–H and O–H groups in total. The van der Waals surface area contributed by atoms with Gasteiger partial charge >= 0.3 is 5.97 Å². The van der Waals surface area contributed by atoms with Crippen molar-refractivity contribution in [2.75, 3.05) is 20.3 Å². The summed E-state index contributed by atoms with van der Waals surface area (Å²) in [6.45, 7) is 2.30. The molecule has 1 fully saturated rings. The molecule has 1 saturated heterocycles. The van der Waals surface area contributed by atoms with Crippen LogP contribution < -0.4 is 4.74 Å². The van der Waals surface area contributed by atoms with Crippen LogP contribution in [0.2, 0.25) is 0 Å². The van der Waals surface area contributed by atoms with E-state index in [2.05, 4.69) is 0 Å². The molecule has 0 aromatic heterocycles. The average molecular weight is 351 g/mol. The summed E-state index contributed by atoms with van der Waals surface area (Å²) < 4.78 is 10.6. The number of amides is 1. The minimum Gasteiger partial charge on any atom is -0.496 e. The second-order valence-electron chi connectivity index (χ2n) is 4.63. The Hall–Kier alpha value is -1.86. The second kappa shape index (κ2) is 8.12. The standard InChI is InChI=1S/C16H17NO4S2/c1-3-21-14(18)8-9-17-15(19)13(23-16(17)22)10-11-6-4-5-7-12(11)20-2/h4-7,10H,3,8-9H2,1-2H3/b13-10-. The highest BCUT2D eigenvalue weighted by Gasteiger charge is 2.32. The molecule has 23 heavy (non-hydrogen) atoms. The van der Waals surface area contributed by atoms with Crippen molar-refractivity contribution in [2.45, 2.75) is 13.3 Å². The molecule has 5 nitrogen and oxygen atoms in total. The molecule has 0 radical (unpaired) electrons. The SMILES string of the molecule is CCOC(=O)CCN1C(=O)/C(=C/c2ccccc2OC)SC1=S. The fraction of sp³-hybridized carbons (Fsp3) is 0.312. The first kappa shape index (κ1) is 17.5. The number of rotatable bonds is 6. The first-order valence-corrected chi connectivity index (χ1v) is 8.33. The Morgan fingerprint density at radius 1 is 1.39 bits per heavy atom. The maximum atomic E-state index is 12.4. The average Bonchev–Trinajstić information content (AvgIpc) is 2.80. The first-order chi connectivity index (χ1) is 11.1. The maximum Gasteiger partial charge on any atom is 0.307 e. The van der Waals surface area contributed by atoms with Crippen LogP contribution in [0, 0.1) is 0 Å². The molecule has 0 spiro atoms. The van der Waals surface area contributed by atoms with Crippen molar-refractivity contribution in [3.05, 3.63) is 34.7 Å². The highest BCUT2D eigenvalue weighted by atomic mass is 32.2. The van der Waals surface area contributed by atoms with E-state index in [9.17, 15) is 9.59 Å². The number of esters is 1. The normalized spacial score (nSPS) is 16.1. The van der Waals surface area contributed by atoms with Gasteiger partial charge in [-0.3, -0.25) is 14.5 Å². The summed E-state index contributed by atoms with van der Waals surface area (Å²) >= 11 is 6.45. The largest absolute Gasteiger partial charge is 0.496 e. The van der Waals surface area contributed by atoms with Crippen molar-refractivity contribution < 1.29 is 19.1 Å². The Balaban J connectivity index is 2.11. The number of hydrogen-bond donors (Lipinski definition) is 0. The number of ether oxygens (including phenoxy) is 2. The summed E-state index contributed by atoms with van der Waals surface area (Å²) in [7, 11) is 1.58. The number of thioether (sulfide) groups is 1. The van der Waals surface area contributed by atoms with Crippen molar-refractivity contribution in [1.82, 2.24) is 4.90 Å². The second-order valence-corrected chi connectivity index (χ2v) is 6.31. The molecule has 0 bridgehead atoms. The van der Waals surface area contributed by atoms with Crippen LogP contribution in [0.4, 0.5) is 0 Å². The van der Waals surface area contributed by atoms with Gasteiger partial charge in [-0.25, -0.2) is 0 Å². The van der Waals surface area contributed by atoms with Crippen molar-refractivity contribution in [3.8, 4) is 5.75 Å². The first-order valence-electron chi connectivity index (χ1n) is 7.10. The zero-order chi connectivity index (χ0) is 16.8. The predicted octanol–water partition coefficient (Wildman–Crippen LogP) is 2.85. The minimum atomic E-state index is -0.338. The smallest absolute Gasteiger partial charge is 0.307 e. The van der Waals surface area contributed by atoms with Gasteiger partial charge in [-0.15, -0.1) is 0 Å². The molecule has 0 saturated carbocycles. The molecule has 1 aliphatic heterocycles. The molecule has 0 aliphatic carbocycles. The fourth-order valence-electron chi connectivity index (χ4n) is 2.06. The lowest BCUT2D eigenvalue weighted by Gasteiger charge is -2.13. The van der Waals surface area contributed by atoms with E-state index in [-0.39, 0.29) is 24.8 Å². The van der Waals surface area contributed by atoms with E-state index in [4.69, 9.17) is 21.7 Å². The summed E-state index contributed by atoms with van der Waals surface area (Å²) in [6.07, 6.45) is 1.88. The highest BCUT2D eigenvalue weighted by Crippen LogP contribution is 2.34. The van der Waals surface area contributed by atoms with E-state index in [0.717, 1.165) is 5.56 Å². The van der Waals surface area contributed by atoms with Crippen LogP contribution in [-0.4, -0.2) is 41.4 Å². The zero-order valence-corrected chi connectivity index (χ0v) is 14.5. The highest BCUT2D eigenvalue weighted by molar-refractivity contribution is 8.26. The number of thiocarbonyl (C=S) groups is 1. The number of nitrogens with zero attached hydrogens (tertiary/aromatic N) is 1. The number of benzene rings is 1. The van der Waals surface area contributed by atoms with Crippen LogP contribution in [0.5, 0.6) is 5.75 Å². The lowest BCUT2D eigenvalue weighted by Crippen LogP contribution is -2.30. The lowest BCUT2D eigenvalue weighted by atomic mass is 10.2. The van der Waals surface area contributed by atoms with Crippen LogP contribution in [0.15, 0.2) is 29.2 Å². The molecule has 0 unspecified atom stereocenters. The van der Waals surface area contributed by atoms with Crippen molar-refractivity contribution in [2.24, 2.45) is 0 Å². The van der Waals surface area contributed by atoms with Gasteiger partial charge in [0.05, 0.1) is 25.0 Å². The fourth-order valence-corrected chi connectivity index (χ4v) is 3.36. The van der Waals surface area contributed by atoms with Gasteiger partial charge in [0, 0.05) is 12.1 Å². The predicted molar refractivity (Wildman–Crippen MR) is 94.1 cm³/mol. The molecule has 122 valence electrons. The van der Waals surface area contributed by atoms with Crippen molar-refractivity contribution in [1.29, 1.82) is 0 Å². The molecule has 1 amide bonds. The lowest BCUT2D eigenvalue weighted by molar-refractivity contribution is -0.143. The Morgan fingerprint density at radius 2 is 2.13 bits per heavy atom. The minimum absolute atomic E-state index is 0.127. The van der Waals surface area contributed by atoms with Crippen LogP contribution in [-0.2, 0) is 14.3 Å². The van der Waals surface area contributed by atoms with E-state index in [1.165, 1.54) is 16.7 Å². The summed E-state index contributed by atoms with van der Waals surface area (Å²) in [5, 5.41) is 0. The number of carbonyl (C=O) groups is 2. The molecular formula is C16H17NO4S2. The number of hydrogen-bond acceptors (Lipinski definition) is 6. The molecular weight excluding hydrogens is 334 g/mol. The van der Waals surface area contributed by atoms with Gasteiger partial charge in [0.2, 0.25) is 0 Å². The maximum absolute atomic E-state index is 12.4. The quantitative estimate of drug-likeness (QED) is 0.446. The van der Waals surface area contributed by atoms with Gasteiger partial charge in [0.25, 0.3) is 5.91 Å². The third kappa shape index (κ3) is 4.33. The molecule has 1 aromatic carbocycles. The van der Waals surface area contributed by atoms with Crippen molar-refractivity contribution >= 4 is 46.3 Å². The van der Waals surface area contributed by atoms with Gasteiger partial charge < -0.3 is 9.47 Å².